The first-order valence-electron chi connectivity index (χ1n) is 4.11. The fraction of sp³-hybridized carbons (Fsp3) is 0. The number of imide groups is 1. The van der Waals surface area contributed by atoms with Crippen LogP contribution in [-0.2, 0) is 9.59 Å². The second-order valence-corrected chi connectivity index (χ2v) is 2.90. The number of carbonyl (C=O) groups excluding carboxylic acids is 2. The minimum absolute atomic E-state index is 0.354. The number of carbonyl (C=O) groups is 2. The number of anilines is 2. The molecule has 2 N–H and O–H groups in total. The molecule has 2 amide bonds. The first-order valence-corrected chi connectivity index (χ1v) is 4.11. The number of nitrogens with zero attached hydrogens (tertiary/aromatic N) is 1. The van der Waals surface area contributed by atoms with Crippen LogP contribution in [0.3, 0.4) is 0 Å². The third-order valence-electron chi connectivity index (χ3n) is 1.99. The minimum atomic E-state index is -0.354. The van der Waals surface area contributed by atoms with Gasteiger partial charge in [-0.05, 0) is 12.1 Å². The summed E-state index contributed by atoms with van der Waals surface area (Å²) in [5.41, 5.74) is 6.50. The number of nitrogens with two attached hydrogens (primary N) is 1. The summed E-state index contributed by atoms with van der Waals surface area (Å²) >= 11 is 0. The van der Waals surface area contributed by atoms with Crippen molar-refractivity contribution in [1.29, 1.82) is 0 Å². The number of benzene rings is 1. The molecule has 14 heavy (non-hydrogen) atoms. The molecule has 0 bridgehead atoms. The monoisotopic (exact) mass is 188 g/mol. The summed E-state index contributed by atoms with van der Waals surface area (Å²) in [6.45, 7) is 0. The van der Waals surface area contributed by atoms with Gasteiger partial charge in [0.05, 0.1) is 11.4 Å². The Morgan fingerprint density at radius 2 is 1.57 bits per heavy atom. The van der Waals surface area contributed by atoms with Crippen molar-refractivity contribution in [2.24, 2.45) is 0 Å². The van der Waals surface area contributed by atoms with Gasteiger partial charge in [0.15, 0.2) is 0 Å². The SMILES string of the molecule is Nc1ccccc1N1C(=O)C=CC1=O. The average molecular weight is 188 g/mol. The minimum Gasteiger partial charge on any atom is -0.397 e. The topological polar surface area (TPSA) is 63.4 Å². The molecule has 0 saturated heterocycles. The summed E-state index contributed by atoms with van der Waals surface area (Å²) in [6.07, 6.45) is 2.46. The van der Waals surface area contributed by atoms with Crippen LogP contribution in [0.5, 0.6) is 0 Å². The van der Waals surface area contributed by atoms with Gasteiger partial charge in [0.1, 0.15) is 0 Å². The van der Waals surface area contributed by atoms with Crippen LogP contribution < -0.4 is 10.6 Å². The molecule has 0 unspecified atom stereocenters. The van der Waals surface area contributed by atoms with Gasteiger partial charge in [0.2, 0.25) is 0 Å². The molecule has 1 aliphatic heterocycles. The standard InChI is InChI=1S/C10H8N2O2/c11-7-3-1-2-4-8(7)12-9(13)5-6-10(12)14/h1-6H,11H2. The Morgan fingerprint density at radius 3 is 2.14 bits per heavy atom. The maximum atomic E-state index is 11.3. The molecule has 0 aromatic heterocycles. The molecule has 1 aliphatic rings. The first kappa shape index (κ1) is 8.50. The van der Waals surface area contributed by atoms with E-state index in [1.54, 1.807) is 24.3 Å². The van der Waals surface area contributed by atoms with Gasteiger partial charge in [-0.15, -0.1) is 0 Å². The fourth-order valence-corrected chi connectivity index (χ4v) is 1.33. The van der Waals surface area contributed by atoms with Crippen LogP contribution >= 0.6 is 0 Å². The Bertz CT molecular complexity index is 420. The Morgan fingerprint density at radius 1 is 1.00 bits per heavy atom. The molecule has 1 heterocycles. The van der Waals surface area contributed by atoms with Crippen LogP contribution in [0.15, 0.2) is 36.4 Å². The number of rotatable bonds is 1. The maximum absolute atomic E-state index is 11.3. The average Bonchev–Trinajstić information content (AvgIpc) is 2.48. The van der Waals surface area contributed by atoms with Crippen molar-refractivity contribution in [2.45, 2.75) is 0 Å². The fourth-order valence-electron chi connectivity index (χ4n) is 1.33. The van der Waals surface area contributed by atoms with E-state index in [1.807, 2.05) is 0 Å². The summed E-state index contributed by atoms with van der Waals surface area (Å²) in [5.74, 6) is -0.708. The van der Waals surface area contributed by atoms with Gasteiger partial charge >= 0.3 is 0 Å². The van der Waals surface area contributed by atoms with E-state index in [4.69, 9.17) is 5.73 Å². The second-order valence-electron chi connectivity index (χ2n) is 2.90. The normalized spacial score (nSPS) is 15.3. The van der Waals surface area contributed by atoms with Crippen molar-refractivity contribution >= 4 is 23.2 Å². The van der Waals surface area contributed by atoms with Gasteiger partial charge in [-0.2, -0.15) is 0 Å². The third kappa shape index (κ3) is 1.17. The van der Waals surface area contributed by atoms with E-state index in [9.17, 15) is 9.59 Å². The van der Waals surface area contributed by atoms with Gasteiger partial charge in [0.25, 0.3) is 11.8 Å². The van der Waals surface area contributed by atoms with Crippen molar-refractivity contribution in [2.75, 3.05) is 10.6 Å². The number of amides is 2. The first-order chi connectivity index (χ1) is 6.70. The molecule has 2 rings (SSSR count). The molecule has 0 fully saturated rings. The van der Waals surface area contributed by atoms with E-state index >= 15 is 0 Å². The predicted molar refractivity (Wildman–Crippen MR) is 52.5 cm³/mol. The van der Waals surface area contributed by atoms with Crippen LogP contribution in [-0.4, -0.2) is 11.8 Å². The van der Waals surface area contributed by atoms with Gasteiger partial charge < -0.3 is 5.73 Å². The zero-order chi connectivity index (χ0) is 10.1. The highest BCUT2D eigenvalue weighted by Gasteiger charge is 2.26. The van der Waals surface area contributed by atoms with E-state index in [2.05, 4.69) is 0 Å². The smallest absolute Gasteiger partial charge is 0.258 e. The van der Waals surface area contributed by atoms with E-state index < -0.39 is 0 Å². The maximum Gasteiger partial charge on any atom is 0.258 e. The molecular formula is C10H8N2O2. The van der Waals surface area contributed by atoms with Crippen LogP contribution in [0.4, 0.5) is 11.4 Å². The van der Waals surface area contributed by atoms with E-state index in [0.29, 0.717) is 11.4 Å². The lowest BCUT2D eigenvalue weighted by atomic mass is 10.2. The highest BCUT2D eigenvalue weighted by molar-refractivity contribution is 6.29. The number of nitrogen functional groups attached to an aromatic ring is 1. The van der Waals surface area contributed by atoms with Crippen LogP contribution in [0, 0.1) is 0 Å². The van der Waals surface area contributed by atoms with Crippen LogP contribution in [0.2, 0.25) is 0 Å². The Labute approximate surface area is 80.6 Å². The Kier molecular flexibility index (Phi) is 1.81. The summed E-state index contributed by atoms with van der Waals surface area (Å²) in [7, 11) is 0. The predicted octanol–water partition coefficient (Wildman–Crippen LogP) is 0.698. The van der Waals surface area contributed by atoms with Gasteiger partial charge in [-0.25, -0.2) is 4.90 Å². The highest BCUT2D eigenvalue weighted by atomic mass is 16.2. The van der Waals surface area contributed by atoms with Crippen LogP contribution in [0.25, 0.3) is 0 Å². The molecule has 4 nitrogen and oxygen atoms in total. The van der Waals surface area contributed by atoms with Crippen molar-refractivity contribution in [3.8, 4) is 0 Å². The lowest BCUT2D eigenvalue weighted by Crippen LogP contribution is -2.30. The molecule has 0 aliphatic carbocycles. The van der Waals surface area contributed by atoms with Crippen molar-refractivity contribution < 1.29 is 9.59 Å². The molecule has 0 radical (unpaired) electrons. The van der Waals surface area contributed by atoms with E-state index in [1.165, 1.54) is 12.2 Å². The molecule has 0 saturated carbocycles. The highest BCUT2D eigenvalue weighted by Crippen LogP contribution is 2.24. The lowest BCUT2D eigenvalue weighted by molar-refractivity contribution is -0.119. The summed E-state index contributed by atoms with van der Waals surface area (Å²) < 4.78 is 0. The molecule has 0 atom stereocenters. The molecule has 70 valence electrons. The summed E-state index contributed by atoms with van der Waals surface area (Å²) in [6, 6.07) is 6.76. The summed E-state index contributed by atoms with van der Waals surface area (Å²) in [4.78, 5) is 23.7. The lowest BCUT2D eigenvalue weighted by Gasteiger charge is -2.15. The molecular weight excluding hydrogens is 180 g/mol. The van der Waals surface area contributed by atoms with Crippen molar-refractivity contribution in [3.63, 3.8) is 0 Å². The zero-order valence-electron chi connectivity index (χ0n) is 7.31. The van der Waals surface area contributed by atoms with Gasteiger partial charge in [0, 0.05) is 12.2 Å². The number of hydrogen-bond donors (Lipinski definition) is 1. The van der Waals surface area contributed by atoms with Crippen molar-refractivity contribution in [1.82, 2.24) is 0 Å². The van der Waals surface area contributed by atoms with Gasteiger partial charge in [-0.3, -0.25) is 9.59 Å². The summed E-state index contributed by atoms with van der Waals surface area (Å²) in [5, 5.41) is 0. The molecule has 0 spiro atoms. The molecule has 1 aromatic rings. The third-order valence-corrected chi connectivity index (χ3v) is 1.99. The second kappa shape index (κ2) is 2.99. The Hall–Kier alpha value is -2.10. The van der Waals surface area contributed by atoms with Gasteiger partial charge in [-0.1, -0.05) is 12.1 Å². The van der Waals surface area contributed by atoms with Crippen molar-refractivity contribution in [3.05, 3.63) is 36.4 Å². The zero-order valence-corrected chi connectivity index (χ0v) is 7.31. The Balaban J connectivity index is 2.46. The number of hydrogen-bond acceptors (Lipinski definition) is 3. The molecule has 1 aromatic carbocycles. The van der Waals surface area contributed by atoms with Crippen LogP contribution in [0.1, 0.15) is 0 Å². The van der Waals surface area contributed by atoms with E-state index in [-0.39, 0.29) is 11.8 Å². The van der Waals surface area contributed by atoms with E-state index in [0.717, 1.165) is 4.90 Å². The molecule has 4 heteroatoms. The quantitative estimate of drug-likeness (QED) is 0.521. The number of para-hydroxylation sites is 2. The largest absolute Gasteiger partial charge is 0.397 e.